The van der Waals surface area contributed by atoms with Crippen LogP contribution in [0.25, 0.3) is 0 Å². The molecule has 0 unspecified atom stereocenters. The standard InChI is InChI=1S/C20H16O9/c21-6-11(24)20(29)4-8-13(10(23)5-20)19(28)15-14(17(8)26)16(25)7-2-1-3-9(22)12(7)18(15)27/h1-3,10,21-23,26,28-29H,4-6H2/t10-,20-/m0/s1. The molecule has 0 aliphatic heterocycles. The summed E-state index contributed by atoms with van der Waals surface area (Å²) in [6, 6.07) is 3.80. The van der Waals surface area contributed by atoms with Crippen molar-refractivity contribution in [1.29, 1.82) is 0 Å². The molecule has 0 spiro atoms. The van der Waals surface area contributed by atoms with Crippen LogP contribution >= 0.6 is 0 Å². The maximum atomic E-state index is 12.9. The SMILES string of the molecule is O=C1c2cccc(O)c2C(=O)c2c(O)c3c(c(O)c21)C[C@@](O)(C(=O)CO)C[C@@H]3O. The molecule has 0 saturated carbocycles. The normalized spacial score (nSPS) is 22.7. The van der Waals surface area contributed by atoms with Crippen LogP contribution in [0.2, 0.25) is 0 Å². The number of carbonyl (C=O) groups is 3. The number of phenols is 3. The molecule has 0 fully saturated rings. The smallest absolute Gasteiger partial charge is 0.202 e. The van der Waals surface area contributed by atoms with Crippen LogP contribution < -0.4 is 0 Å². The van der Waals surface area contributed by atoms with Crippen LogP contribution in [0, 0.1) is 0 Å². The monoisotopic (exact) mass is 400 g/mol. The second-order valence-corrected chi connectivity index (χ2v) is 7.21. The molecule has 9 nitrogen and oxygen atoms in total. The van der Waals surface area contributed by atoms with Gasteiger partial charge in [0, 0.05) is 29.5 Å². The molecule has 6 N–H and O–H groups in total. The van der Waals surface area contributed by atoms with Gasteiger partial charge in [-0.1, -0.05) is 12.1 Å². The molecule has 9 heteroatoms. The summed E-state index contributed by atoms with van der Waals surface area (Å²) < 4.78 is 0. The van der Waals surface area contributed by atoms with Gasteiger partial charge in [0.05, 0.1) is 22.8 Å². The predicted octanol–water partition coefficient (Wildman–Crippen LogP) is -0.149. The van der Waals surface area contributed by atoms with Crippen molar-refractivity contribution in [2.75, 3.05) is 6.61 Å². The largest absolute Gasteiger partial charge is 0.507 e. The average molecular weight is 400 g/mol. The van der Waals surface area contributed by atoms with E-state index in [4.69, 9.17) is 5.11 Å². The Bertz CT molecular complexity index is 1120. The lowest BCUT2D eigenvalue weighted by Gasteiger charge is -2.36. The Hall–Kier alpha value is -3.27. The number of carbonyl (C=O) groups excluding carboxylic acids is 3. The molecule has 150 valence electrons. The van der Waals surface area contributed by atoms with Gasteiger partial charge < -0.3 is 30.6 Å². The number of aliphatic hydroxyl groups is 3. The Labute approximate surface area is 163 Å². The molecular weight excluding hydrogens is 384 g/mol. The molecule has 2 aliphatic carbocycles. The first-order valence-electron chi connectivity index (χ1n) is 8.69. The van der Waals surface area contributed by atoms with Gasteiger partial charge in [0.1, 0.15) is 29.5 Å². The summed E-state index contributed by atoms with van der Waals surface area (Å²) in [4.78, 5) is 37.8. The minimum absolute atomic E-state index is 0.185. The maximum absolute atomic E-state index is 12.9. The number of fused-ring (bicyclic) bond motifs is 3. The van der Waals surface area contributed by atoms with Gasteiger partial charge in [-0.3, -0.25) is 14.4 Å². The zero-order chi connectivity index (χ0) is 21.2. The molecule has 2 aromatic carbocycles. The van der Waals surface area contributed by atoms with Crippen LogP contribution in [-0.4, -0.2) is 60.2 Å². The lowest BCUT2D eigenvalue weighted by molar-refractivity contribution is -0.145. The number of hydrogen-bond acceptors (Lipinski definition) is 9. The van der Waals surface area contributed by atoms with Crippen molar-refractivity contribution >= 4 is 17.3 Å². The molecule has 0 saturated heterocycles. The number of hydrogen-bond donors (Lipinski definition) is 6. The van der Waals surface area contributed by atoms with E-state index in [-0.39, 0.29) is 22.3 Å². The highest BCUT2D eigenvalue weighted by molar-refractivity contribution is 6.31. The molecule has 0 heterocycles. The van der Waals surface area contributed by atoms with E-state index in [1.807, 2.05) is 0 Å². The first kappa shape index (κ1) is 19.1. The van der Waals surface area contributed by atoms with Gasteiger partial charge in [0.2, 0.25) is 5.78 Å². The van der Waals surface area contributed by atoms with Crippen molar-refractivity contribution in [3.8, 4) is 17.2 Å². The van der Waals surface area contributed by atoms with Crippen molar-refractivity contribution in [3.63, 3.8) is 0 Å². The summed E-state index contributed by atoms with van der Waals surface area (Å²) in [5, 5.41) is 61.5. The van der Waals surface area contributed by atoms with Gasteiger partial charge in [-0.05, 0) is 6.07 Å². The Morgan fingerprint density at radius 1 is 1.03 bits per heavy atom. The van der Waals surface area contributed by atoms with Gasteiger partial charge in [-0.25, -0.2) is 0 Å². The molecule has 4 rings (SSSR count). The van der Waals surface area contributed by atoms with E-state index >= 15 is 0 Å². The number of aromatic hydroxyl groups is 3. The molecule has 0 aromatic heterocycles. The maximum Gasteiger partial charge on any atom is 0.202 e. The highest BCUT2D eigenvalue weighted by atomic mass is 16.3. The van der Waals surface area contributed by atoms with Gasteiger partial charge >= 0.3 is 0 Å². The molecule has 0 bridgehead atoms. The lowest BCUT2D eigenvalue weighted by atomic mass is 9.72. The molecule has 0 radical (unpaired) electrons. The predicted molar refractivity (Wildman–Crippen MR) is 95.1 cm³/mol. The summed E-state index contributed by atoms with van der Waals surface area (Å²) in [6.45, 7) is -1.01. The van der Waals surface area contributed by atoms with Gasteiger partial charge in [0.15, 0.2) is 11.6 Å². The van der Waals surface area contributed by atoms with Crippen LogP contribution in [0.15, 0.2) is 18.2 Å². The third kappa shape index (κ3) is 2.42. The molecule has 2 aromatic rings. The quantitative estimate of drug-likeness (QED) is 0.320. The minimum atomic E-state index is -2.22. The molecule has 0 amide bonds. The fraction of sp³-hybridized carbons (Fsp3) is 0.250. The minimum Gasteiger partial charge on any atom is -0.507 e. The van der Waals surface area contributed by atoms with Crippen LogP contribution in [0.3, 0.4) is 0 Å². The van der Waals surface area contributed by atoms with E-state index in [1.165, 1.54) is 18.2 Å². The summed E-state index contributed by atoms with van der Waals surface area (Å²) >= 11 is 0. The van der Waals surface area contributed by atoms with Gasteiger partial charge in [-0.2, -0.15) is 0 Å². The molecule has 29 heavy (non-hydrogen) atoms. The van der Waals surface area contributed by atoms with E-state index in [2.05, 4.69) is 0 Å². The van der Waals surface area contributed by atoms with E-state index in [9.17, 15) is 39.9 Å². The van der Waals surface area contributed by atoms with Gasteiger partial charge in [0.25, 0.3) is 0 Å². The van der Waals surface area contributed by atoms with E-state index in [1.54, 1.807) is 0 Å². The fourth-order valence-electron chi connectivity index (χ4n) is 4.15. The van der Waals surface area contributed by atoms with E-state index in [0.717, 1.165) is 0 Å². The average Bonchev–Trinajstić information content (AvgIpc) is 2.67. The summed E-state index contributed by atoms with van der Waals surface area (Å²) in [6.07, 6.45) is -2.83. The third-order valence-electron chi connectivity index (χ3n) is 5.55. The van der Waals surface area contributed by atoms with Crippen LogP contribution in [0.5, 0.6) is 17.2 Å². The van der Waals surface area contributed by atoms with Crippen LogP contribution in [-0.2, 0) is 11.2 Å². The summed E-state index contributed by atoms with van der Waals surface area (Å²) in [5.74, 6) is -4.78. The first-order chi connectivity index (χ1) is 13.6. The number of phenolic OH excluding ortho intramolecular Hbond substituents is 3. The van der Waals surface area contributed by atoms with Crippen molar-refractivity contribution in [1.82, 2.24) is 0 Å². The number of rotatable bonds is 2. The van der Waals surface area contributed by atoms with E-state index < -0.39 is 76.9 Å². The lowest BCUT2D eigenvalue weighted by Crippen LogP contribution is -2.47. The number of benzene rings is 2. The summed E-state index contributed by atoms with van der Waals surface area (Å²) in [7, 11) is 0. The number of Topliss-reactive ketones (excluding diaryl/α,β-unsaturated/α-hetero) is 1. The topological polar surface area (TPSA) is 173 Å². The fourth-order valence-corrected chi connectivity index (χ4v) is 4.15. The third-order valence-corrected chi connectivity index (χ3v) is 5.55. The Kier molecular flexibility index (Phi) is 4.02. The Morgan fingerprint density at radius 2 is 1.69 bits per heavy atom. The summed E-state index contributed by atoms with van der Waals surface area (Å²) in [5.41, 5.74) is -4.43. The van der Waals surface area contributed by atoms with Crippen molar-refractivity contribution < 1.29 is 45.0 Å². The zero-order valence-corrected chi connectivity index (χ0v) is 14.8. The van der Waals surface area contributed by atoms with Crippen LogP contribution in [0.1, 0.15) is 55.5 Å². The second-order valence-electron chi connectivity index (χ2n) is 7.21. The van der Waals surface area contributed by atoms with E-state index in [0.29, 0.717) is 0 Å². The first-order valence-corrected chi connectivity index (χ1v) is 8.69. The van der Waals surface area contributed by atoms with Crippen molar-refractivity contribution in [2.24, 2.45) is 0 Å². The van der Waals surface area contributed by atoms with Crippen molar-refractivity contribution in [3.05, 3.63) is 51.6 Å². The molecular formula is C20H16O9. The number of aliphatic hydroxyl groups excluding tert-OH is 2. The van der Waals surface area contributed by atoms with Crippen LogP contribution in [0.4, 0.5) is 0 Å². The number of ketones is 3. The molecule has 2 atom stereocenters. The van der Waals surface area contributed by atoms with Crippen molar-refractivity contribution in [2.45, 2.75) is 24.5 Å². The van der Waals surface area contributed by atoms with Gasteiger partial charge in [-0.15, -0.1) is 0 Å². The zero-order valence-electron chi connectivity index (χ0n) is 14.8. The Morgan fingerprint density at radius 3 is 2.34 bits per heavy atom. The highest BCUT2D eigenvalue weighted by Gasteiger charge is 2.48. The Balaban J connectivity index is 2.01. The second kappa shape index (κ2) is 6.11. The molecule has 2 aliphatic rings. The highest BCUT2D eigenvalue weighted by Crippen LogP contribution is 2.50.